The zero-order valence-electron chi connectivity index (χ0n) is 19.4. The molecule has 0 unspecified atom stereocenters. The molecule has 5 rings (SSSR count). The van der Waals surface area contributed by atoms with E-state index in [1.54, 1.807) is 18.3 Å². The monoisotopic (exact) mass is 493 g/mol. The maximum absolute atomic E-state index is 13.1. The molecule has 9 nitrogen and oxygen atoms in total. The molecule has 0 bridgehead atoms. The van der Waals surface area contributed by atoms with Gasteiger partial charge in [0, 0.05) is 31.0 Å². The largest absolute Gasteiger partial charge is 0.365 e. The molecule has 4 N–H and O–H groups in total. The van der Waals surface area contributed by atoms with Crippen LogP contribution in [0.1, 0.15) is 27.0 Å². The van der Waals surface area contributed by atoms with Crippen molar-refractivity contribution in [1.82, 2.24) is 25.3 Å². The van der Waals surface area contributed by atoms with Gasteiger partial charge in [-0.1, -0.05) is 36.4 Å². The topological polar surface area (TPSA) is 139 Å². The first-order valence-corrected chi connectivity index (χ1v) is 11.3. The number of pyridine rings is 2. The minimum absolute atomic E-state index is 0.202. The number of halogens is 1. The van der Waals surface area contributed by atoms with Crippen molar-refractivity contribution in [1.29, 1.82) is 5.26 Å². The van der Waals surface area contributed by atoms with Crippen molar-refractivity contribution in [2.75, 3.05) is 5.32 Å². The van der Waals surface area contributed by atoms with E-state index in [9.17, 15) is 19.2 Å². The number of carbonyl (C=O) groups is 1. The van der Waals surface area contributed by atoms with E-state index < -0.39 is 5.91 Å². The summed E-state index contributed by atoms with van der Waals surface area (Å²) < 4.78 is 13.1. The van der Waals surface area contributed by atoms with Gasteiger partial charge in [-0.3, -0.25) is 9.78 Å². The van der Waals surface area contributed by atoms with Crippen LogP contribution in [-0.2, 0) is 13.1 Å². The van der Waals surface area contributed by atoms with E-state index in [2.05, 4.69) is 30.6 Å². The number of H-pyrrole nitrogens is 2. The number of carbonyl (C=O) groups excluding carboxylic acids is 1. The van der Waals surface area contributed by atoms with Crippen molar-refractivity contribution < 1.29 is 9.18 Å². The Morgan fingerprint density at radius 1 is 0.919 bits per heavy atom. The number of nitrogens with zero attached hydrogens (tertiary/aromatic N) is 3. The molecule has 1 amide bonds. The lowest BCUT2D eigenvalue weighted by molar-refractivity contribution is 0.0951. The number of rotatable bonds is 7. The van der Waals surface area contributed by atoms with Gasteiger partial charge in [0.15, 0.2) is 5.65 Å². The highest BCUT2D eigenvalue weighted by molar-refractivity contribution is 5.99. The number of amides is 1. The Morgan fingerprint density at radius 2 is 1.65 bits per heavy atom. The van der Waals surface area contributed by atoms with Gasteiger partial charge in [0.25, 0.3) is 5.91 Å². The highest BCUT2D eigenvalue weighted by atomic mass is 19.1. The number of aromatic amines is 2. The molecule has 0 spiro atoms. The van der Waals surface area contributed by atoms with Crippen molar-refractivity contribution in [2.45, 2.75) is 13.1 Å². The van der Waals surface area contributed by atoms with Gasteiger partial charge < -0.3 is 15.6 Å². The fourth-order valence-electron chi connectivity index (χ4n) is 3.80. The summed E-state index contributed by atoms with van der Waals surface area (Å²) in [5.41, 5.74) is 4.79. The number of nitrogens with one attached hydrogen (secondary N) is 4. The molecule has 0 atom stereocenters. The summed E-state index contributed by atoms with van der Waals surface area (Å²) in [5, 5.41) is 15.2. The molecule has 3 aromatic heterocycles. The second-order valence-electron chi connectivity index (χ2n) is 8.29. The van der Waals surface area contributed by atoms with E-state index in [1.165, 1.54) is 24.4 Å². The number of hydrogen-bond donors (Lipinski definition) is 4. The van der Waals surface area contributed by atoms with Crippen molar-refractivity contribution in [3.8, 4) is 17.2 Å². The molecular weight excluding hydrogens is 473 g/mol. The SMILES string of the molecule is N#Cc1cnc(NCc2ccc(-c3cnc4[nH]c(=O)[nH]c4c3)cc2)c(C(=O)NCc2ccc(F)cc2)c1. The van der Waals surface area contributed by atoms with Crippen LogP contribution in [0.3, 0.4) is 0 Å². The minimum Gasteiger partial charge on any atom is -0.365 e. The summed E-state index contributed by atoms with van der Waals surface area (Å²) in [5.74, 6) is -0.418. The first-order valence-electron chi connectivity index (χ1n) is 11.3. The van der Waals surface area contributed by atoms with E-state index >= 15 is 0 Å². The number of benzene rings is 2. The third kappa shape index (κ3) is 5.36. The van der Waals surface area contributed by atoms with Crippen LogP contribution in [0.4, 0.5) is 10.2 Å². The van der Waals surface area contributed by atoms with Crippen LogP contribution in [0.2, 0.25) is 0 Å². The molecule has 0 radical (unpaired) electrons. The zero-order valence-corrected chi connectivity index (χ0v) is 19.4. The molecule has 5 aromatic rings. The summed E-state index contributed by atoms with van der Waals surface area (Å²) in [6.45, 7) is 0.591. The number of fused-ring (bicyclic) bond motifs is 1. The number of nitriles is 1. The summed E-state index contributed by atoms with van der Waals surface area (Å²) >= 11 is 0. The fourth-order valence-corrected chi connectivity index (χ4v) is 3.80. The maximum Gasteiger partial charge on any atom is 0.325 e. The highest BCUT2D eigenvalue weighted by Gasteiger charge is 2.14. The standard InChI is InChI=1S/C27H20FN7O2/c28-21-7-3-17(4-8-21)13-33-26(36)22-9-18(11-29)14-31-24(22)30-12-16-1-5-19(6-2-16)20-10-23-25(32-15-20)35-27(37)34-23/h1-10,14-15H,12-13H2,(H,30,31)(H,33,36)(H2,32,34,35,37). The minimum atomic E-state index is -0.405. The molecule has 37 heavy (non-hydrogen) atoms. The van der Waals surface area contributed by atoms with Crippen LogP contribution < -0.4 is 16.3 Å². The lowest BCUT2D eigenvalue weighted by Crippen LogP contribution is -2.24. The van der Waals surface area contributed by atoms with E-state index in [4.69, 9.17) is 0 Å². The van der Waals surface area contributed by atoms with Crippen LogP contribution in [0.5, 0.6) is 0 Å². The smallest absolute Gasteiger partial charge is 0.325 e. The molecule has 0 fully saturated rings. The van der Waals surface area contributed by atoms with Crippen molar-refractivity contribution in [3.63, 3.8) is 0 Å². The second kappa shape index (κ2) is 10.1. The Balaban J connectivity index is 1.28. The van der Waals surface area contributed by atoms with E-state index in [1.807, 2.05) is 36.4 Å². The van der Waals surface area contributed by atoms with Crippen molar-refractivity contribution in [3.05, 3.63) is 112 Å². The summed E-state index contributed by atoms with van der Waals surface area (Å²) in [6, 6.07) is 18.9. The van der Waals surface area contributed by atoms with Gasteiger partial charge in [0.05, 0.1) is 16.6 Å². The number of imidazole rings is 1. The molecule has 0 saturated carbocycles. The number of hydrogen-bond acceptors (Lipinski definition) is 6. The lowest BCUT2D eigenvalue weighted by atomic mass is 10.1. The summed E-state index contributed by atoms with van der Waals surface area (Å²) in [7, 11) is 0. The molecule has 0 aliphatic carbocycles. The third-order valence-electron chi connectivity index (χ3n) is 5.74. The van der Waals surface area contributed by atoms with Crippen LogP contribution in [0.15, 0.2) is 77.9 Å². The number of aromatic nitrogens is 4. The van der Waals surface area contributed by atoms with Gasteiger partial charge in [0.1, 0.15) is 17.7 Å². The number of anilines is 1. The van der Waals surface area contributed by atoms with E-state index in [0.29, 0.717) is 23.5 Å². The van der Waals surface area contributed by atoms with Gasteiger partial charge in [-0.25, -0.2) is 19.2 Å². The Labute approximate surface area is 210 Å². The predicted molar refractivity (Wildman–Crippen MR) is 136 cm³/mol. The first-order chi connectivity index (χ1) is 18.0. The lowest BCUT2D eigenvalue weighted by Gasteiger charge is -2.12. The predicted octanol–water partition coefficient (Wildman–Crippen LogP) is 3.87. The van der Waals surface area contributed by atoms with Crippen molar-refractivity contribution in [2.24, 2.45) is 0 Å². The Morgan fingerprint density at radius 3 is 2.41 bits per heavy atom. The molecule has 10 heteroatoms. The van der Waals surface area contributed by atoms with Gasteiger partial charge >= 0.3 is 5.69 Å². The summed E-state index contributed by atoms with van der Waals surface area (Å²) in [6.07, 6.45) is 3.09. The van der Waals surface area contributed by atoms with E-state index in [-0.39, 0.29) is 29.2 Å². The van der Waals surface area contributed by atoms with Crippen LogP contribution in [-0.4, -0.2) is 25.8 Å². The van der Waals surface area contributed by atoms with E-state index in [0.717, 1.165) is 22.3 Å². The highest BCUT2D eigenvalue weighted by Crippen LogP contribution is 2.22. The van der Waals surface area contributed by atoms with Crippen LogP contribution >= 0.6 is 0 Å². The van der Waals surface area contributed by atoms with Gasteiger partial charge in [-0.15, -0.1) is 0 Å². The van der Waals surface area contributed by atoms with Crippen LogP contribution in [0, 0.1) is 17.1 Å². The molecule has 2 aromatic carbocycles. The first kappa shape index (κ1) is 23.4. The third-order valence-corrected chi connectivity index (χ3v) is 5.74. The average Bonchev–Trinajstić information content (AvgIpc) is 3.31. The Kier molecular flexibility index (Phi) is 6.42. The van der Waals surface area contributed by atoms with Gasteiger partial charge in [0.2, 0.25) is 0 Å². The zero-order chi connectivity index (χ0) is 25.8. The Bertz CT molecular complexity index is 1680. The quantitative estimate of drug-likeness (QED) is 0.271. The van der Waals surface area contributed by atoms with Crippen LogP contribution in [0.25, 0.3) is 22.3 Å². The molecule has 0 saturated heterocycles. The van der Waals surface area contributed by atoms with Crippen molar-refractivity contribution >= 4 is 22.9 Å². The molecule has 3 heterocycles. The Hall–Kier alpha value is -5.30. The molecule has 182 valence electrons. The molecule has 0 aliphatic heterocycles. The second-order valence-corrected chi connectivity index (χ2v) is 8.29. The normalized spacial score (nSPS) is 10.7. The average molecular weight is 494 g/mol. The van der Waals surface area contributed by atoms with Gasteiger partial charge in [-0.2, -0.15) is 5.26 Å². The molecular formula is C27H20FN7O2. The maximum atomic E-state index is 13.1. The molecule has 0 aliphatic rings. The summed E-state index contributed by atoms with van der Waals surface area (Å²) in [4.78, 5) is 38.2. The van der Waals surface area contributed by atoms with Gasteiger partial charge in [-0.05, 0) is 41.0 Å². The fraction of sp³-hybridized carbons (Fsp3) is 0.0741.